The van der Waals surface area contributed by atoms with Crippen LogP contribution >= 0.6 is 39.9 Å². The minimum absolute atomic E-state index is 0.246. The van der Waals surface area contributed by atoms with Crippen molar-refractivity contribution in [3.63, 3.8) is 0 Å². The molecule has 2 heterocycles. The minimum atomic E-state index is -1.07. The zero-order valence-electron chi connectivity index (χ0n) is 13.6. The Morgan fingerprint density at radius 3 is 2.65 bits per heavy atom. The van der Waals surface area contributed by atoms with Gasteiger partial charge in [-0.25, -0.2) is 4.79 Å². The second kappa shape index (κ2) is 7.77. The summed E-state index contributed by atoms with van der Waals surface area (Å²) >= 11 is 9.67. The van der Waals surface area contributed by atoms with Crippen molar-refractivity contribution in [2.75, 3.05) is 0 Å². The van der Waals surface area contributed by atoms with Gasteiger partial charge in [-0.1, -0.05) is 59.0 Å². The van der Waals surface area contributed by atoms with Crippen LogP contribution in [0.4, 0.5) is 0 Å². The summed E-state index contributed by atoms with van der Waals surface area (Å²) in [5, 5.41) is 9.29. The van der Waals surface area contributed by atoms with E-state index in [0.29, 0.717) is 16.4 Å². The molecule has 0 radical (unpaired) electrons. The van der Waals surface area contributed by atoms with Gasteiger partial charge in [-0.15, -0.1) is 0 Å². The number of carbonyl (C=O) groups excluding carboxylic acids is 1. The summed E-state index contributed by atoms with van der Waals surface area (Å²) in [7, 11) is 0. The maximum absolute atomic E-state index is 12.6. The molecule has 1 saturated heterocycles. The third kappa shape index (κ3) is 3.77. The molecule has 1 amide bonds. The summed E-state index contributed by atoms with van der Waals surface area (Å²) in [4.78, 5) is 25.4. The van der Waals surface area contributed by atoms with Crippen LogP contribution in [0, 0.1) is 0 Å². The average Bonchev–Trinajstić information content (AvgIpc) is 3.16. The smallest absolute Gasteiger partial charge is 0.326 e. The third-order valence-electron chi connectivity index (χ3n) is 3.84. The van der Waals surface area contributed by atoms with Crippen LogP contribution in [0.15, 0.2) is 50.2 Å². The van der Waals surface area contributed by atoms with Crippen molar-refractivity contribution in [2.24, 2.45) is 0 Å². The highest BCUT2D eigenvalue weighted by Gasteiger charge is 2.39. The van der Waals surface area contributed by atoms with E-state index in [1.165, 1.54) is 0 Å². The van der Waals surface area contributed by atoms with Crippen LogP contribution in [-0.2, 0) is 9.59 Å². The highest BCUT2D eigenvalue weighted by Crippen LogP contribution is 2.35. The molecule has 1 aromatic carbocycles. The maximum Gasteiger partial charge on any atom is 0.326 e. The van der Waals surface area contributed by atoms with E-state index < -0.39 is 17.9 Å². The van der Waals surface area contributed by atoms with E-state index in [0.717, 1.165) is 26.7 Å². The second-order valence-electron chi connectivity index (χ2n) is 5.52. The number of carbonyl (C=O) groups is 2. The normalized spacial score (nSPS) is 17.2. The summed E-state index contributed by atoms with van der Waals surface area (Å²) in [5.74, 6) is -0.292. The first-order chi connectivity index (χ1) is 12.4. The molecule has 1 fully saturated rings. The van der Waals surface area contributed by atoms with E-state index in [2.05, 4.69) is 15.9 Å². The quantitative estimate of drug-likeness (QED) is 0.521. The van der Waals surface area contributed by atoms with Gasteiger partial charge in [0, 0.05) is 16.1 Å². The monoisotopic (exact) mass is 451 g/mol. The van der Waals surface area contributed by atoms with Crippen molar-refractivity contribution in [2.45, 2.75) is 19.4 Å². The molecule has 26 heavy (non-hydrogen) atoms. The molecule has 2 aromatic rings. The highest BCUT2D eigenvalue weighted by atomic mass is 79.9. The molecular weight excluding hydrogens is 438 g/mol. The summed E-state index contributed by atoms with van der Waals surface area (Å²) in [5.41, 5.74) is 0.914. The van der Waals surface area contributed by atoms with Gasteiger partial charge in [0.15, 0.2) is 0 Å². The molecule has 0 spiro atoms. The Hall–Kier alpha value is -1.90. The lowest BCUT2D eigenvalue weighted by atomic mass is 10.2. The summed E-state index contributed by atoms with van der Waals surface area (Å²) in [6, 6.07) is 10.3. The fraction of sp³-hybridized carbons (Fsp3) is 0.167. The Bertz CT molecular complexity index is 904. The lowest BCUT2D eigenvalue weighted by Gasteiger charge is -2.21. The molecule has 134 valence electrons. The van der Waals surface area contributed by atoms with E-state index in [1.54, 1.807) is 19.1 Å². The van der Waals surface area contributed by atoms with E-state index >= 15 is 0 Å². The first kappa shape index (κ1) is 18.9. The first-order valence-corrected chi connectivity index (χ1v) is 9.78. The SMILES string of the molecule is CC[C@@H](C(=O)O)N1C(=O)/C(=C\c2ccc(-c3ccc(Br)cc3)o2)SC1=S. The molecule has 0 aliphatic carbocycles. The topological polar surface area (TPSA) is 70.8 Å². The number of thioether (sulfide) groups is 1. The molecular formula is C18H14BrNO4S2. The zero-order chi connectivity index (χ0) is 18.8. The number of hydrogen-bond donors (Lipinski definition) is 1. The van der Waals surface area contributed by atoms with Crippen molar-refractivity contribution < 1.29 is 19.1 Å². The van der Waals surface area contributed by atoms with Gasteiger partial charge in [0.25, 0.3) is 5.91 Å². The Balaban J connectivity index is 1.85. The molecule has 1 atom stereocenters. The number of benzene rings is 1. The van der Waals surface area contributed by atoms with E-state index in [-0.39, 0.29) is 10.7 Å². The van der Waals surface area contributed by atoms with Crippen molar-refractivity contribution in [1.82, 2.24) is 4.90 Å². The van der Waals surface area contributed by atoms with Crippen LogP contribution in [0.1, 0.15) is 19.1 Å². The predicted octanol–water partition coefficient (Wildman–Crippen LogP) is 4.77. The molecule has 0 bridgehead atoms. The Kier molecular flexibility index (Phi) is 5.64. The molecule has 3 rings (SSSR count). The van der Waals surface area contributed by atoms with E-state index in [4.69, 9.17) is 16.6 Å². The lowest BCUT2D eigenvalue weighted by molar-refractivity contribution is -0.145. The number of halogens is 1. The maximum atomic E-state index is 12.6. The summed E-state index contributed by atoms with van der Waals surface area (Å²) < 4.78 is 7.01. The van der Waals surface area contributed by atoms with Crippen LogP contribution in [0.25, 0.3) is 17.4 Å². The Morgan fingerprint density at radius 1 is 1.35 bits per heavy atom. The molecule has 1 aromatic heterocycles. The standard InChI is InChI=1S/C18H14BrNO4S2/c1-2-13(17(22)23)20-16(21)15(26-18(20)25)9-12-7-8-14(24-12)10-3-5-11(19)6-4-10/h3-9,13H,2H2,1H3,(H,22,23)/b15-9+/t13-/m0/s1. The van der Waals surface area contributed by atoms with Gasteiger partial charge in [-0.2, -0.15) is 0 Å². The number of nitrogens with zero attached hydrogens (tertiary/aromatic N) is 1. The number of carboxylic acid groups (broad SMARTS) is 1. The lowest BCUT2D eigenvalue weighted by Crippen LogP contribution is -2.43. The van der Waals surface area contributed by atoms with Crippen LogP contribution in [0.3, 0.4) is 0 Å². The molecule has 1 aliphatic rings. The van der Waals surface area contributed by atoms with E-state index in [9.17, 15) is 14.7 Å². The highest BCUT2D eigenvalue weighted by molar-refractivity contribution is 9.10. The number of amides is 1. The van der Waals surface area contributed by atoms with Crippen LogP contribution in [-0.4, -0.2) is 32.2 Å². The van der Waals surface area contributed by atoms with Crippen molar-refractivity contribution in [3.05, 3.63) is 51.5 Å². The number of furan rings is 1. The van der Waals surface area contributed by atoms with Crippen LogP contribution < -0.4 is 0 Å². The predicted molar refractivity (Wildman–Crippen MR) is 109 cm³/mol. The van der Waals surface area contributed by atoms with Crippen LogP contribution in [0.5, 0.6) is 0 Å². The van der Waals surface area contributed by atoms with Crippen molar-refractivity contribution in [1.29, 1.82) is 0 Å². The first-order valence-electron chi connectivity index (χ1n) is 7.76. The van der Waals surface area contributed by atoms with Gasteiger partial charge >= 0.3 is 5.97 Å². The van der Waals surface area contributed by atoms with Gasteiger partial charge < -0.3 is 9.52 Å². The second-order valence-corrected chi connectivity index (χ2v) is 8.11. The molecule has 8 heteroatoms. The Morgan fingerprint density at radius 2 is 2.04 bits per heavy atom. The molecule has 0 saturated carbocycles. The van der Waals surface area contributed by atoms with E-state index in [1.807, 2.05) is 30.3 Å². The fourth-order valence-corrected chi connectivity index (χ4v) is 4.15. The molecule has 1 N–H and O–H groups in total. The number of thiocarbonyl (C=S) groups is 1. The van der Waals surface area contributed by atoms with Crippen molar-refractivity contribution >= 4 is 62.2 Å². The minimum Gasteiger partial charge on any atom is -0.480 e. The number of hydrogen-bond acceptors (Lipinski definition) is 5. The molecule has 5 nitrogen and oxygen atoms in total. The fourth-order valence-electron chi connectivity index (χ4n) is 2.55. The average molecular weight is 452 g/mol. The Labute approximate surface area is 168 Å². The number of rotatable bonds is 5. The van der Waals surface area contributed by atoms with Crippen LogP contribution in [0.2, 0.25) is 0 Å². The van der Waals surface area contributed by atoms with Gasteiger partial charge in [0.05, 0.1) is 4.91 Å². The number of carboxylic acids is 1. The van der Waals surface area contributed by atoms with Gasteiger partial charge in [0.1, 0.15) is 21.9 Å². The molecule has 0 unspecified atom stereocenters. The van der Waals surface area contributed by atoms with Gasteiger partial charge in [-0.3, -0.25) is 9.69 Å². The summed E-state index contributed by atoms with van der Waals surface area (Å²) in [6.07, 6.45) is 1.87. The van der Waals surface area contributed by atoms with Crippen molar-refractivity contribution in [3.8, 4) is 11.3 Å². The van der Waals surface area contributed by atoms with Gasteiger partial charge in [-0.05, 0) is 30.7 Å². The third-order valence-corrected chi connectivity index (χ3v) is 5.69. The summed E-state index contributed by atoms with van der Waals surface area (Å²) in [6.45, 7) is 1.71. The number of aliphatic carboxylic acids is 1. The zero-order valence-corrected chi connectivity index (χ0v) is 16.9. The molecule has 1 aliphatic heterocycles. The largest absolute Gasteiger partial charge is 0.480 e. The van der Waals surface area contributed by atoms with Gasteiger partial charge in [0.2, 0.25) is 0 Å².